The number of pyridine rings is 1. The zero-order valence-corrected chi connectivity index (χ0v) is 10.6. The van der Waals surface area contributed by atoms with E-state index in [4.69, 9.17) is 10.6 Å². The minimum absolute atomic E-state index is 0.361. The number of amides is 1. The molecule has 0 bridgehead atoms. The molecule has 0 aliphatic rings. The number of hydrogen-bond acceptors (Lipinski definition) is 4. The van der Waals surface area contributed by atoms with Crippen molar-refractivity contribution >= 4 is 5.91 Å². The van der Waals surface area contributed by atoms with Crippen LogP contribution in [-0.2, 0) is 0 Å². The maximum Gasteiger partial charge on any atom is 0.266 e. The van der Waals surface area contributed by atoms with E-state index in [-0.39, 0.29) is 5.91 Å². The van der Waals surface area contributed by atoms with Crippen molar-refractivity contribution in [3.63, 3.8) is 0 Å². The van der Waals surface area contributed by atoms with E-state index >= 15 is 0 Å². The van der Waals surface area contributed by atoms with Crippen molar-refractivity contribution in [2.45, 2.75) is 6.92 Å². The summed E-state index contributed by atoms with van der Waals surface area (Å²) in [5.41, 5.74) is 4.32. The van der Waals surface area contributed by atoms with Crippen LogP contribution >= 0.6 is 0 Å². The van der Waals surface area contributed by atoms with Gasteiger partial charge in [-0.1, -0.05) is 12.1 Å². The number of aromatic nitrogens is 1. The van der Waals surface area contributed by atoms with Crippen LogP contribution in [-0.4, -0.2) is 17.5 Å². The molecular formula is C14H15N3O2. The summed E-state index contributed by atoms with van der Waals surface area (Å²) < 4.78 is 5.38. The molecule has 0 saturated carbocycles. The zero-order chi connectivity index (χ0) is 13.7. The lowest BCUT2D eigenvalue weighted by Crippen LogP contribution is -2.30. The van der Waals surface area contributed by atoms with Gasteiger partial charge in [-0.3, -0.25) is 15.2 Å². The first-order valence-corrected chi connectivity index (χ1v) is 5.94. The normalized spacial score (nSPS) is 10.0. The van der Waals surface area contributed by atoms with Gasteiger partial charge >= 0.3 is 0 Å². The SMILES string of the molecule is CCOc1ccc(-c2cncc(C(=O)NN)c2)cc1. The predicted octanol–water partition coefficient (Wildman–Crippen LogP) is 1.75. The van der Waals surface area contributed by atoms with Crippen molar-refractivity contribution in [1.82, 2.24) is 10.4 Å². The Labute approximate surface area is 111 Å². The van der Waals surface area contributed by atoms with Gasteiger partial charge in [-0.25, -0.2) is 5.84 Å². The lowest BCUT2D eigenvalue weighted by molar-refractivity contribution is 0.0953. The molecule has 0 radical (unpaired) electrons. The number of benzene rings is 1. The number of nitrogens with zero attached hydrogens (tertiary/aromatic N) is 1. The third-order valence-corrected chi connectivity index (χ3v) is 2.63. The standard InChI is InChI=1S/C14H15N3O2/c1-2-19-13-5-3-10(4-6-13)11-7-12(9-16-8-11)14(18)17-15/h3-9H,2,15H2,1H3,(H,17,18). The van der Waals surface area contributed by atoms with E-state index in [0.29, 0.717) is 12.2 Å². The lowest BCUT2D eigenvalue weighted by Gasteiger charge is -2.06. The Morgan fingerprint density at radius 3 is 2.63 bits per heavy atom. The number of carbonyl (C=O) groups excluding carboxylic acids is 1. The van der Waals surface area contributed by atoms with E-state index in [0.717, 1.165) is 16.9 Å². The second kappa shape index (κ2) is 5.97. The molecule has 0 fully saturated rings. The van der Waals surface area contributed by atoms with E-state index < -0.39 is 0 Å². The van der Waals surface area contributed by atoms with Crippen LogP contribution in [0.5, 0.6) is 5.75 Å². The van der Waals surface area contributed by atoms with Crippen molar-refractivity contribution in [3.8, 4) is 16.9 Å². The lowest BCUT2D eigenvalue weighted by atomic mass is 10.1. The van der Waals surface area contributed by atoms with Crippen LogP contribution < -0.4 is 16.0 Å². The highest BCUT2D eigenvalue weighted by atomic mass is 16.5. The Morgan fingerprint density at radius 2 is 2.00 bits per heavy atom. The zero-order valence-electron chi connectivity index (χ0n) is 10.6. The van der Waals surface area contributed by atoms with Gasteiger partial charge in [0, 0.05) is 18.0 Å². The molecule has 2 aromatic rings. The molecule has 0 spiro atoms. The number of nitrogen functional groups attached to an aromatic ring is 1. The van der Waals surface area contributed by atoms with Gasteiger partial charge in [-0.2, -0.15) is 0 Å². The molecule has 0 aliphatic carbocycles. The molecule has 1 aromatic carbocycles. The van der Waals surface area contributed by atoms with Gasteiger partial charge in [0.1, 0.15) is 5.75 Å². The number of carbonyl (C=O) groups is 1. The van der Waals surface area contributed by atoms with Crippen molar-refractivity contribution in [2.75, 3.05) is 6.61 Å². The third-order valence-electron chi connectivity index (χ3n) is 2.63. The van der Waals surface area contributed by atoms with E-state index in [1.165, 1.54) is 6.20 Å². The van der Waals surface area contributed by atoms with Crippen molar-refractivity contribution in [1.29, 1.82) is 0 Å². The molecule has 5 heteroatoms. The topological polar surface area (TPSA) is 77.2 Å². The number of hydrogen-bond donors (Lipinski definition) is 2. The quantitative estimate of drug-likeness (QED) is 0.497. The highest BCUT2D eigenvalue weighted by molar-refractivity contribution is 5.94. The van der Waals surface area contributed by atoms with Gasteiger partial charge in [-0.15, -0.1) is 0 Å². The van der Waals surface area contributed by atoms with Crippen molar-refractivity contribution < 1.29 is 9.53 Å². The maximum atomic E-state index is 11.4. The first-order valence-electron chi connectivity index (χ1n) is 5.94. The molecule has 0 atom stereocenters. The molecular weight excluding hydrogens is 242 g/mol. The van der Waals surface area contributed by atoms with Gasteiger partial charge < -0.3 is 4.74 Å². The Bertz CT molecular complexity index is 567. The summed E-state index contributed by atoms with van der Waals surface area (Å²) in [6, 6.07) is 9.35. The molecule has 19 heavy (non-hydrogen) atoms. The highest BCUT2D eigenvalue weighted by Gasteiger charge is 2.06. The average Bonchev–Trinajstić information content (AvgIpc) is 2.48. The molecule has 5 nitrogen and oxygen atoms in total. The summed E-state index contributed by atoms with van der Waals surface area (Å²) in [5.74, 6) is 5.56. The Balaban J connectivity index is 2.28. The fraction of sp³-hybridized carbons (Fsp3) is 0.143. The number of hydrazine groups is 1. The smallest absolute Gasteiger partial charge is 0.266 e. The van der Waals surface area contributed by atoms with Gasteiger partial charge in [-0.05, 0) is 30.7 Å². The fourth-order valence-corrected chi connectivity index (χ4v) is 1.72. The molecule has 3 N–H and O–H groups in total. The van der Waals surface area contributed by atoms with Gasteiger partial charge in [0.05, 0.1) is 12.2 Å². The largest absolute Gasteiger partial charge is 0.494 e. The molecule has 2 rings (SSSR count). The van der Waals surface area contributed by atoms with Crippen LogP contribution in [0.4, 0.5) is 0 Å². The van der Waals surface area contributed by atoms with Crippen molar-refractivity contribution in [2.24, 2.45) is 5.84 Å². The van der Waals surface area contributed by atoms with E-state index in [1.807, 2.05) is 31.2 Å². The van der Waals surface area contributed by atoms with Crippen LogP contribution in [0.3, 0.4) is 0 Å². The number of ether oxygens (including phenoxy) is 1. The molecule has 0 aliphatic heterocycles. The molecule has 0 unspecified atom stereocenters. The Morgan fingerprint density at radius 1 is 1.26 bits per heavy atom. The first kappa shape index (κ1) is 13.0. The van der Waals surface area contributed by atoms with Gasteiger partial charge in [0.2, 0.25) is 0 Å². The van der Waals surface area contributed by atoms with Crippen LogP contribution in [0.15, 0.2) is 42.7 Å². The monoisotopic (exact) mass is 257 g/mol. The second-order valence-corrected chi connectivity index (χ2v) is 3.89. The van der Waals surface area contributed by atoms with Crippen LogP contribution in [0.2, 0.25) is 0 Å². The summed E-state index contributed by atoms with van der Waals surface area (Å²) in [5, 5.41) is 0. The first-order chi connectivity index (χ1) is 9.24. The van der Waals surface area contributed by atoms with Gasteiger partial charge in [0.15, 0.2) is 0 Å². The number of nitrogens with two attached hydrogens (primary N) is 1. The Kier molecular flexibility index (Phi) is 4.10. The molecule has 1 aromatic heterocycles. The third kappa shape index (κ3) is 3.08. The highest BCUT2D eigenvalue weighted by Crippen LogP contribution is 2.22. The van der Waals surface area contributed by atoms with Crippen molar-refractivity contribution in [3.05, 3.63) is 48.3 Å². The van der Waals surface area contributed by atoms with Crippen LogP contribution in [0, 0.1) is 0 Å². The molecule has 98 valence electrons. The minimum Gasteiger partial charge on any atom is -0.494 e. The summed E-state index contributed by atoms with van der Waals surface area (Å²) in [7, 11) is 0. The van der Waals surface area contributed by atoms with E-state index in [2.05, 4.69) is 10.4 Å². The summed E-state index contributed by atoms with van der Waals surface area (Å²) in [6.45, 7) is 2.57. The summed E-state index contributed by atoms with van der Waals surface area (Å²) in [6.07, 6.45) is 3.17. The second-order valence-electron chi connectivity index (χ2n) is 3.89. The summed E-state index contributed by atoms with van der Waals surface area (Å²) >= 11 is 0. The Hall–Kier alpha value is -2.40. The summed E-state index contributed by atoms with van der Waals surface area (Å²) in [4.78, 5) is 15.5. The number of rotatable bonds is 4. The molecule has 1 heterocycles. The number of nitrogens with one attached hydrogen (secondary N) is 1. The average molecular weight is 257 g/mol. The predicted molar refractivity (Wildman–Crippen MR) is 72.5 cm³/mol. The van der Waals surface area contributed by atoms with Crippen LogP contribution in [0.25, 0.3) is 11.1 Å². The fourth-order valence-electron chi connectivity index (χ4n) is 1.72. The maximum absolute atomic E-state index is 11.4. The minimum atomic E-state index is -0.361. The van der Waals surface area contributed by atoms with Crippen LogP contribution in [0.1, 0.15) is 17.3 Å². The van der Waals surface area contributed by atoms with Gasteiger partial charge in [0.25, 0.3) is 5.91 Å². The molecule has 1 amide bonds. The van der Waals surface area contributed by atoms with E-state index in [9.17, 15) is 4.79 Å². The molecule has 0 saturated heterocycles. The van der Waals surface area contributed by atoms with E-state index in [1.54, 1.807) is 12.3 Å².